The lowest BCUT2D eigenvalue weighted by atomic mass is 10.3. The van der Waals surface area contributed by atoms with Crippen molar-refractivity contribution in [3.63, 3.8) is 0 Å². The van der Waals surface area contributed by atoms with Crippen LogP contribution < -0.4 is 4.74 Å². The lowest BCUT2D eigenvalue weighted by Gasteiger charge is -2.16. The van der Waals surface area contributed by atoms with E-state index in [1.54, 1.807) is 31.3 Å². The Morgan fingerprint density at radius 3 is 2.64 bits per heavy atom. The third kappa shape index (κ3) is 4.22. The second-order valence-electron chi connectivity index (χ2n) is 4.50. The van der Waals surface area contributed by atoms with E-state index in [0.29, 0.717) is 28.8 Å². The molecule has 0 atom stereocenters. The van der Waals surface area contributed by atoms with Gasteiger partial charge in [0.2, 0.25) is 0 Å². The Morgan fingerprint density at radius 2 is 2.00 bits per heavy atom. The van der Waals surface area contributed by atoms with Gasteiger partial charge in [-0.15, -0.1) is 11.3 Å². The summed E-state index contributed by atoms with van der Waals surface area (Å²) in [6, 6.07) is 9.96. The Kier molecular flexibility index (Phi) is 5.41. The zero-order chi connectivity index (χ0) is 16.1. The second kappa shape index (κ2) is 7.29. The molecule has 0 spiro atoms. The van der Waals surface area contributed by atoms with E-state index in [1.165, 1.54) is 17.0 Å². The fraction of sp³-hybridized carbons (Fsp3) is 0.200. The molecule has 0 saturated carbocycles. The number of nitrogens with zero attached hydrogens (tertiary/aromatic N) is 1. The van der Waals surface area contributed by atoms with E-state index >= 15 is 0 Å². The molecule has 0 bridgehead atoms. The van der Waals surface area contributed by atoms with Crippen molar-refractivity contribution < 1.29 is 19.4 Å². The second-order valence-corrected chi connectivity index (χ2v) is 6.02. The molecule has 5 nitrogen and oxygen atoms in total. The van der Waals surface area contributed by atoms with E-state index in [4.69, 9.17) is 21.4 Å². The van der Waals surface area contributed by atoms with Gasteiger partial charge >= 0.3 is 5.97 Å². The maximum Gasteiger partial charge on any atom is 0.345 e. The van der Waals surface area contributed by atoms with Gasteiger partial charge in [-0.05, 0) is 30.3 Å². The number of likely N-dealkylation sites (N-methyl/N-ethyl adjacent to an activating group) is 1. The van der Waals surface area contributed by atoms with Crippen LogP contribution in [-0.2, 0) is 0 Å². The number of ether oxygens (including phenoxy) is 1. The van der Waals surface area contributed by atoms with E-state index in [0.717, 1.165) is 11.3 Å². The number of rotatable bonds is 6. The van der Waals surface area contributed by atoms with Gasteiger partial charge in [0.25, 0.3) is 5.91 Å². The Morgan fingerprint density at radius 1 is 1.27 bits per heavy atom. The van der Waals surface area contributed by atoms with Gasteiger partial charge in [-0.3, -0.25) is 4.79 Å². The first-order valence-electron chi connectivity index (χ1n) is 6.44. The molecule has 1 heterocycles. The molecule has 2 aromatic rings. The molecule has 0 radical (unpaired) electrons. The van der Waals surface area contributed by atoms with Gasteiger partial charge in [-0.2, -0.15) is 0 Å². The summed E-state index contributed by atoms with van der Waals surface area (Å²) in [7, 11) is 1.64. The third-order valence-corrected chi connectivity index (χ3v) is 4.16. The first kappa shape index (κ1) is 16.3. The quantitative estimate of drug-likeness (QED) is 0.877. The van der Waals surface area contributed by atoms with Crippen LogP contribution in [0.5, 0.6) is 5.75 Å². The van der Waals surface area contributed by atoms with Crippen LogP contribution in [0.25, 0.3) is 0 Å². The molecule has 0 aliphatic carbocycles. The fourth-order valence-electron chi connectivity index (χ4n) is 1.71. The van der Waals surface area contributed by atoms with Gasteiger partial charge in [-0.25, -0.2) is 4.79 Å². The van der Waals surface area contributed by atoms with Gasteiger partial charge in [0, 0.05) is 12.1 Å². The highest BCUT2D eigenvalue weighted by Gasteiger charge is 2.16. The number of benzene rings is 1. The summed E-state index contributed by atoms with van der Waals surface area (Å²) < 4.78 is 5.52. The average Bonchev–Trinajstić information content (AvgIpc) is 2.96. The first-order valence-corrected chi connectivity index (χ1v) is 7.64. The number of thiophene rings is 1. The van der Waals surface area contributed by atoms with Gasteiger partial charge in [0.1, 0.15) is 17.2 Å². The fourth-order valence-corrected chi connectivity index (χ4v) is 2.73. The van der Waals surface area contributed by atoms with E-state index in [-0.39, 0.29) is 10.8 Å². The molecule has 1 amide bonds. The van der Waals surface area contributed by atoms with Crippen LogP contribution in [0, 0.1) is 0 Å². The number of halogens is 1. The molecule has 1 N–H and O–H groups in total. The summed E-state index contributed by atoms with van der Waals surface area (Å²) in [5.41, 5.74) is 0. The third-order valence-electron chi connectivity index (χ3n) is 2.87. The minimum atomic E-state index is -1.03. The molecule has 0 aliphatic heterocycles. The zero-order valence-corrected chi connectivity index (χ0v) is 13.4. The SMILES string of the molecule is CN(CCOc1cccc(Cl)c1)C(=O)c1ccc(C(=O)O)s1. The van der Waals surface area contributed by atoms with Crippen molar-refractivity contribution in [2.75, 3.05) is 20.2 Å². The highest BCUT2D eigenvalue weighted by molar-refractivity contribution is 7.15. The molecule has 0 saturated heterocycles. The van der Waals surface area contributed by atoms with Crippen LogP contribution in [0.15, 0.2) is 36.4 Å². The van der Waals surface area contributed by atoms with Crippen molar-refractivity contribution in [2.45, 2.75) is 0 Å². The Bertz CT molecular complexity index is 686. The van der Waals surface area contributed by atoms with Crippen molar-refractivity contribution in [2.24, 2.45) is 0 Å². The number of aromatic carboxylic acids is 1. The van der Waals surface area contributed by atoms with E-state index < -0.39 is 5.97 Å². The van der Waals surface area contributed by atoms with Crippen LogP contribution in [0.4, 0.5) is 0 Å². The molecule has 0 fully saturated rings. The standard InChI is InChI=1S/C15H14ClNO4S/c1-17(7-8-21-11-4-2-3-10(16)9-11)14(18)12-5-6-13(22-12)15(19)20/h2-6,9H,7-8H2,1H3,(H,19,20). The van der Waals surface area contributed by atoms with Crippen LogP contribution in [0.3, 0.4) is 0 Å². The Labute approximate surface area is 136 Å². The van der Waals surface area contributed by atoms with E-state index in [1.807, 2.05) is 0 Å². The minimum absolute atomic E-state index is 0.145. The molecule has 1 aromatic carbocycles. The summed E-state index contributed by atoms with van der Waals surface area (Å²) in [6.45, 7) is 0.700. The summed E-state index contributed by atoms with van der Waals surface area (Å²) in [5.74, 6) is -0.624. The number of carbonyl (C=O) groups excluding carboxylic acids is 1. The predicted octanol–water partition coefficient (Wildman–Crippen LogP) is 3.25. The monoisotopic (exact) mass is 339 g/mol. The largest absolute Gasteiger partial charge is 0.492 e. The topological polar surface area (TPSA) is 66.8 Å². The number of carboxylic acids is 1. The van der Waals surface area contributed by atoms with Crippen molar-refractivity contribution in [3.05, 3.63) is 51.2 Å². The highest BCUT2D eigenvalue weighted by Crippen LogP contribution is 2.19. The molecule has 2 rings (SSSR count). The van der Waals surface area contributed by atoms with Gasteiger partial charge in [-0.1, -0.05) is 17.7 Å². The predicted molar refractivity (Wildman–Crippen MR) is 85.2 cm³/mol. The molecule has 0 aliphatic rings. The summed E-state index contributed by atoms with van der Waals surface area (Å²) in [4.78, 5) is 25.0. The number of hydrogen-bond donors (Lipinski definition) is 1. The smallest absolute Gasteiger partial charge is 0.345 e. The number of carbonyl (C=O) groups is 2. The first-order chi connectivity index (χ1) is 10.5. The summed E-state index contributed by atoms with van der Waals surface area (Å²) in [6.07, 6.45) is 0. The maximum absolute atomic E-state index is 12.1. The Hall–Kier alpha value is -2.05. The molecular formula is C15H14ClNO4S. The minimum Gasteiger partial charge on any atom is -0.492 e. The van der Waals surface area contributed by atoms with Crippen LogP contribution in [0.1, 0.15) is 19.3 Å². The number of carboxylic acid groups (broad SMARTS) is 1. The van der Waals surface area contributed by atoms with Gasteiger partial charge in [0.15, 0.2) is 0 Å². The lowest BCUT2D eigenvalue weighted by Crippen LogP contribution is -2.30. The molecule has 116 valence electrons. The van der Waals surface area contributed by atoms with Gasteiger partial charge < -0.3 is 14.7 Å². The lowest BCUT2D eigenvalue weighted by molar-refractivity contribution is 0.0701. The van der Waals surface area contributed by atoms with Crippen LogP contribution in [0.2, 0.25) is 5.02 Å². The van der Waals surface area contributed by atoms with Crippen LogP contribution in [-0.4, -0.2) is 42.1 Å². The molecule has 0 unspecified atom stereocenters. The van der Waals surface area contributed by atoms with E-state index in [9.17, 15) is 9.59 Å². The van der Waals surface area contributed by atoms with Crippen LogP contribution >= 0.6 is 22.9 Å². The molecule has 1 aromatic heterocycles. The van der Waals surface area contributed by atoms with Crippen molar-refractivity contribution >= 4 is 34.8 Å². The van der Waals surface area contributed by atoms with Crippen molar-refractivity contribution in [3.8, 4) is 5.75 Å². The summed E-state index contributed by atoms with van der Waals surface area (Å²) in [5, 5.41) is 9.45. The zero-order valence-electron chi connectivity index (χ0n) is 11.8. The number of hydrogen-bond acceptors (Lipinski definition) is 4. The molecule has 22 heavy (non-hydrogen) atoms. The molecular weight excluding hydrogens is 326 g/mol. The highest BCUT2D eigenvalue weighted by atomic mass is 35.5. The number of amides is 1. The van der Waals surface area contributed by atoms with E-state index in [2.05, 4.69) is 0 Å². The average molecular weight is 340 g/mol. The normalized spacial score (nSPS) is 10.3. The molecule has 7 heteroatoms. The van der Waals surface area contributed by atoms with Crippen molar-refractivity contribution in [1.29, 1.82) is 0 Å². The summed E-state index contributed by atoms with van der Waals surface area (Å²) >= 11 is 6.81. The Balaban J connectivity index is 1.87. The van der Waals surface area contributed by atoms with Crippen molar-refractivity contribution in [1.82, 2.24) is 4.90 Å². The van der Waals surface area contributed by atoms with Gasteiger partial charge in [0.05, 0.1) is 11.4 Å². The maximum atomic E-state index is 12.1.